The third-order valence-corrected chi connectivity index (χ3v) is 3.39. The van der Waals surface area contributed by atoms with Gasteiger partial charge in [-0.05, 0) is 31.5 Å². The average molecular weight is 208 g/mol. The largest absolute Gasteiger partial charge is 0.472 e. The normalized spacial score (nSPS) is 13.1. The van der Waals surface area contributed by atoms with Gasteiger partial charge in [-0.1, -0.05) is 0 Å². The van der Waals surface area contributed by atoms with Crippen molar-refractivity contribution in [3.05, 3.63) is 45.5 Å². The van der Waals surface area contributed by atoms with E-state index in [4.69, 9.17) is 4.42 Å². The number of hydrogen-bond donors (Lipinski definition) is 1. The summed E-state index contributed by atoms with van der Waals surface area (Å²) in [5.74, 6) is 0. The molecule has 0 aliphatic heterocycles. The molecular formula is C11H12O2S. The van der Waals surface area contributed by atoms with E-state index < -0.39 is 6.10 Å². The van der Waals surface area contributed by atoms with E-state index in [0.717, 1.165) is 16.0 Å². The van der Waals surface area contributed by atoms with Crippen molar-refractivity contribution >= 4 is 11.3 Å². The Bertz CT molecular complexity index is 414. The van der Waals surface area contributed by atoms with Gasteiger partial charge in [-0.3, -0.25) is 0 Å². The number of thiophene rings is 1. The van der Waals surface area contributed by atoms with E-state index in [1.165, 1.54) is 4.88 Å². The lowest BCUT2D eigenvalue weighted by Crippen LogP contribution is -1.96. The Labute approximate surface area is 86.8 Å². The molecule has 1 unspecified atom stereocenters. The van der Waals surface area contributed by atoms with Crippen LogP contribution in [0.25, 0.3) is 0 Å². The average Bonchev–Trinajstić information content (AvgIpc) is 2.73. The van der Waals surface area contributed by atoms with Crippen LogP contribution in [0.5, 0.6) is 0 Å². The zero-order chi connectivity index (χ0) is 10.1. The van der Waals surface area contributed by atoms with Crippen LogP contribution in [-0.2, 0) is 0 Å². The standard InChI is InChI=1S/C11H12O2S/c1-7-5-8(2)14-11(7)10(12)9-3-4-13-6-9/h3-6,10,12H,1-2H3. The van der Waals surface area contributed by atoms with Gasteiger partial charge in [0.15, 0.2) is 0 Å². The van der Waals surface area contributed by atoms with E-state index in [-0.39, 0.29) is 0 Å². The Morgan fingerprint density at radius 2 is 2.21 bits per heavy atom. The molecular weight excluding hydrogens is 196 g/mol. The van der Waals surface area contributed by atoms with E-state index in [2.05, 4.69) is 6.07 Å². The second kappa shape index (κ2) is 3.59. The van der Waals surface area contributed by atoms with Crippen LogP contribution in [0.4, 0.5) is 0 Å². The Morgan fingerprint density at radius 3 is 2.71 bits per heavy atom. The zero-order valence-electron chi connectivity index (χ0n) is 8.15. The Hall–Kier alpha value is -1.06. The lowest BCUT2D eigenvalue weighted by molar-refractivity contribution is 0.222. The van der Waals surface area contributed by atoms with Crippen LogP contribution in [0, 0.1) is 13.8 Å². The molecule has 0 aliphatic rings. The van der Waals surface area contributed by atoms with Crippen molar-refractivity contribution in [2.75, 3.05) is 0 Å². The zero-order valence-corrected chi connectivity index (χ0v) is 8.97. The van der Waals surface area contributed by atoms with Crippen LogP contribution in [0.3, 0.4) is 0 Å². The fraction of sp³-hybridized carbons (Fsp3) is 0.273. The third kappa shape index (κ3) is 1.61. The Balaban J connectivity index is 2.36. The maximum Gasteiger partial charge on any atom is 0.117 e. The second-order valence-corrected chi connectivity index (χ2v) is 4.65. The molecule has 2 aromatic heterocycles. The van der Waals surface area contributed by atoms with Crippen molar-refractivity contribution in [3.8, 4) is 0 Å². The predicted molar refractivity (Wildman–Crippen MR) is 56.6 cm³/mol. The topological polar surface area (TPSA) is 33.4 Å². The molecule has 0 spiro atoms. The number of aliphatic hydroxyl groups is 1. The van der Waals surface area contributed by atoms with Crippen molar-refractivity contribution in [1.29, 1.82) is 0 Å². The monoisotopic (exact) mass is 208 g/mol. The molecule has 0 saturated heterocycles. The van der Waals surface area contributed by atoms with Gasteiger partial charge in [-0.15, -0.1) is 11.3 Å². The van der Waals surface area contributed by atoms with Gasteiger partial charge >= 0.3 is 0 Å². The first-order valence-corrected chi connectivity index (χ1v) is 5.27. The molecule has 2 nitrogen and oxygen atoms in total. The quantitative estimate of drug-likeness (QED) is 0.823. The first-order valence-electron chi connectivity index (χ1n) is 4.45. The third-order valence-electron chi connectivity index (χ3n) is 2.19. The molecule has 14 heavy (non-hydrogen) atoms. The first-order chi connectivity index (χ1) is 6.68. The number of aliphatic hydroxyl groups excluding tert-OH is 1. The summed E-state index contributed by atoms with van der Waals surface area (Å²) >= 11 is 1.63. The van der Waals surface area contributed by atoms with E-state index >= 15 is 0 Å². The van der Waals surface area contributed by atoms with Crippen molar-refractivity contribution in [2.24, 2.45) is 0 Å². The van der Waals surface area contributed by atoms with E-state index in [0.29, 0.717) is 0 Å². The summed E-state index contributed by atoms with van der Waals surface area (Å²) in [6, 6.07) is 3.88. The highest BCUT2D eigenvalue weighted by molar-refractivity contribution is 7.12. The Kier molecular flexibility index (Phi) is 2.44. The van der Waals surface area contributed by atoms with E-state index in [9.17, 15) is 5.11 Å². The summed E-state index contributed by atoms with van der Waals surface area (Å²) in [4.78, 5) is 2.23. The summed E-state index contributed by atoms with van der Waals surface area (Å²) in [6.07, 6.45) is 2.61. The van der Waals surface area contributed by atoms with Gasteiger partial charge in [0.1, 0.15) is 6.10 Å². The summed E-state index contributed by atoms with van der Waals surface area (Å²) < 4.78 is 4.95. The van der Waals surface area contributed by atoms with Crippen molar-refractivity contribution in [1.82, 2.24) is 0 Å². The minimum Gasteiger partial charge on any atom is -0.472 e. The van der Waals surface area contributed by atoms with E-state index in [1.54, 1.807) is 29.9 Å². The van der Waals surface area contributed by atoms with Gasteiger partial charge in [0, 0.05) is 15.3 Å². The number of furan rings is 1. The van der Waals surface area contributed by atoms with Gasteiger partial charge in [0.25, 0.3) is 0 Å². The molecule has 2 aromatic rings. The van der Waals surface area contributed by atoms with Crippen LogP contribution in [-0.4, -0.2) is 5.11 Å². The number of aryl methyl sites for hydroxylation is 2. The van der Waals surface area contributed by atoms with Gasteiger partial charge in [-0.25, -0.2) is 0 Å². The highest BCUT2D eigenvalue weighted by atomic mass is 32.1. The fourth-order valence-electron chi connectivity index (χ4n) is 1.51. The summed E-state index contributed by atoms with van der Waals surface area (Å²) in [6.45, 7) is 4.06. The summed E-state index contributed by atoms with van der Waals surface area (Å²) in [5.41, 5.74) is 1.95. The molecule has 0 amide bonds. The summed E-state index contributed by atoms with van der Waals surface area (Å²) in [7, 11) is 0. The van der Waals surface area contributed by atoms with Gasteiger partial charge in [0.2, 0.25) is 0 Å². The fourth-order valence-corrected chi connectivity index (χ4v) is 2.56. The second-order valence-electron chi connectivity index (χ2n) is 3.36. The Morgan fingerprint density at radius 1 is 1.43 bits per heavy atom. The highest BCUT2D eigenvalue weighted by Gasteiger charge is 2.16. The molecule has 2 rings (SSSR count). The molecule has 0 bridgehead atoms. The molecule has 2 heterocycles. The maximum absolute atomic E-state index is 10.0. The van der Waals surface area contributed by atoms with Crippen LogP contribution < -0.4 is 0 Å². The van der Waals surface area contributed by atoms with E-state index in [1.807, 2.05) is 13.8 Å². The smallest absolute Gasteiger partial charge is 0.117 e. The predicted octanol–water partition coefficient (Wildman–Crippen LogP) is 3.04. The molecule has 0 aliphatic carbocycles. The molecule has 74 valence electrons. The SMILES string of the molecule is Cc1cc(C)c(C(O)c2ccoc2)s1. The molecule has 3 heteroatoms. The number of rotatable bonds is 2. The molecule has 1 N–H and O–H groups in total. The maximum atomic E-state index is 10.0. The van der Waals surface area contributed by atoms with Crippen LogP contribution in [0.2, 0.25) is 0 Å². The van der Waals surface area contributed by atoms with Crippen molar-refractivity contribution < 1.29 is 9.52 Å². The van der Waals surface area contributed by atoms with Crippen molar-refractivity contribution in [2.45, 2.75) is 20.0 Å². The van der Waals surface area contributed by atoms with Crippen molar-refractivity contribution in [3.63, 3.8) is 0 Å². The van der Waals surface area contributed by atoms with Crippen LogP contribution in [0.15, 0.2) is 29.1 Å². The molecule has 1 atom stereocenters. The van der Waals surface area contributed by atoms with Gasteiger partial charge < -0.3 is 9.52 Å². The lowest BCUT2D eigenvalue weighted by Gasteiger charge is -2.06. The minimum absolute atomic E-state index is 0.549. The molecule has 0 saturated carbocycles. The van der Waals surface area contributed by atoms with Crippen LogP contribution in [0.1, 0.15) is 27.0 Å². The molecule has 0 aromatic carbocycles. The lowest BCUT2D eigenvalue weighted by atomic mass is 10.1. The summed E-state index contributed by atoms with van der Waals surface area (Å²) in [5, 5.41) is 10.0. The number of hydrogen-bond acceptors (Lipinski definition) is 3. The molecule has 0 radical (unpaired) electrons. The minimum atomic E-state index is -0.549. The highest BCUT2D eigenvalue weighted by Crippen LogP contribution is 2.31. The first kappa shape index (κ1) is 9.49. The molecule has 0 fully saturated rings. The van der Waals surface area contributed by atoms with Gasteiger partial charge in [0.05, 0.1) is 12.5 Å². The van der Waals surface area contributed by atoms with Crippen LogP contribution >= 0.6 is 11.3 Å². The van der Waals surface area contributed by atoms with Gasteiger partial charge in [-0.2, -0.15) is 0 Å².